The van der Waals surface area contributed by atoms with Crippen molar-refractivity contribution in [2.45, 2.75) is 37.1 Å². The van der Waals surface area contributed by atoms with Crippen LogP contribution in [0.15, 0.2) is 53.0 Å². The van der Waals surface area contributed by atoms with Crippen LogP contribution in [0.4, 0.5) is 5.82 Å². The lowest BCUT2D eigenvalue weighted by Gasteiger charge is -2.41. The van der Waals surface area contributed by atoms with Crippen molar-refractivity contribution in [1.82, 2.24) is 19.2 Å². The van der Waals surface area contributed by atoms with Crippen LogP contribution in [0, 0.1) is 5.92 Å². The summed E-state index contributed by atoms with van der Waals surface area (Å²) in [4.78, 5) is 23.5. The Morgan fingerprint density at radius 3 is 2.75 bits per heavy atom. The largest absolute Gasteiger partial charge is 0.383 e. The van der Waals surface area contributed by atoms with E-state index < -0.39 is 10.0 Å². The minimum atomic E-state index is -3.84. The number of sulfonamides is 1. The van der Waals surface area contributed by atoms with Gasteiger partial charge in [-0.2, -0.15) is 4.31 Å². The number of rotatable bonds is 6. The van der Waals surface area contributed by atoms with Crippen molar-refractivity contribution in [1.29, 1.82) is 0 Å². The molecule has 8 nitrogen and oxygen atoms in total. The van der Waals surface area contributed by atoms with Gasteiger partial charge in [0.15, 0.2) is 0 Å². The first-order valence-electron chi connectivity index (χ1n) is 11.6. The molecule has 1 atom stereocenters. The van der Waals surface area contributed by atoms with Gasteiger partial charge in [-0.25, -0.2) is 18.4 Å². The van der Waals surface area contributed by atoms with E-state index in [1.165, 1.54) is 22.0 Å². The molecule has 2 N–H and O–H groups in total. The standard InChI is InChI=1S/C25H26ClN5O3S2/c1-15(2)7-19-12-30(36(33,34)24-9-17-4-5-18(26)10-22(17)35-24)13-23(32)31(19)11-16-3-6-20-21(8-16)28-14-29-25(20)27/h3-6,8-10,14-15,19H,7,11-13H2,1-2H3,(H2,27,28,29)/t19-/m0/s1. The van der Waals surface area contributed by atoms with E-state index in [1.807, 2.05) is 18.2 Å². The lowest BCUT2D eigenvalue weighted by Crippen LogP contribution is -2.57. The van der Waals surface area contributed by atoms with Gasteiger partial charge in [-0.1, -0.05) is 37.6 Å². The highest BCUT2D eigenvalue weighted by Crippen LogP contribution is 2.34. The van der Waals surface area contributed by atoms with E-state index in [2.05, 4.69) is 23.8 Å². The fourth-order valence-corrected chi connectivity index (χ4v) is 7.90. The smallest absolute Gasteiger partial charge is 0.253 e. The molecular formula is C25H26ClN5O3S2. The van der Waals surface area contributed by atoms with Crippen molar-refractivity contribution in [3.8, 4) is 0 Å². The lowest BCUT2D eigenvalue weighted by atomic mass is 9.99. The van der Waals surface area contributed by atoms with Crippen LogP contribution in [-0.4, -0.2) is 52.6 Å². The number of benzene rings is 2. The number of carbonyl (C=O) groups is 1. The highest BCUT2D eigenvalue weighted by atomic mass is 35.5. The zero-order chi connectivity index (χ0) is 25.6. The zero-order valence-electron chi connectivity index (χ0n) is 19.9. The van der Waals surface area contributed by atoms with Gasteiger partial charge < -0.3 is 10.6 Å². The van der Waals surface area contributed by atoms with Crippen LogP contribution < -0.4 is 5.73 Å². The Labute approximate surface area is 218 Å². The molecule has 0 bridgehead atoms. The molecule has 188 valence electrons. The molecule has 0 radical (unpaired) electrons. The van der Waals surface area contributed by atoms with Crippen molar-refractivity contribution < 1.29 is 13.2 Å². The van der Waals surface area contributed by atoms with E-state index >= 15 is 0 Å². The second kappa shape index (κ2) is 9.59. The normalized spacial score (nSPS) is 17.5. The molecule has 2 aromatic heterocycles. The Morgan fingerprint density at radius 1 is 1.17 bits per heavy atom. The third-order valence-corrected chi connectivity index (χ3v) is 9.96. The van der Waals surface area contributed by atoms with Crippen molar-refractivity contribution in [2.75, 3.05) is 18.8 Å². The van der Waals surface area contributed by atoms with Crippen LogP contribution in [0.1, 0.15) is 25.8 Å². The van der Waals surface area contributed by atoms with Gasteiger partial charge in [0, 0.05) is 34.2 Å². The molecule has 0 aliphatic carbocycles. The van der Waals surface area contributed by atoms with Gasteiger partial charge in [0.25, 0.3) is 10.0 Å². The van der Waals surface area contributed by atoms with E-state index in [4.69, 9.17) is 17.3 Å². The van der Waals surface area contributed by atoms with Crippen molar-refractivity contribution >= 4 is 65.7 Å². The minimum absolute atomic E-state index is 0.200. The number of carbonyl (C=O) groups excluding carboxylic acids is 1. The summed E-state index contributed by atoms with van der Waals surface area (Å²) < 4.78 is 29.5. The summed E-state index contributed by atoms with van der Waals surface area (Å²) in [6.07, 6.45) is 2.10. The number of hydrogen-bond acceptors (Lipinski definition) is 7. The Morgan fingerprint density at radius 2 is 1.97 bits per heavy atom. The molecule has 1 aliphatic rings. The average Bonchev–Trinajstić information content (AvgIpc) is 3.25. The number of nitrogen functional groups attached to an aromatic ring is 1. The first-order valence-corrected chi connectivity index (χ1v) is 14.2. The molecule has 36 heavy (non-hydrogen) atoms. The summed E-state index contributed by atoms with van der Waals surface area (Å²) in [6, 6.07) is 12.4. The molecule has 0 unspecified atom stereocenters. The average molecular weight is 544 g/mol. The molecule has 0 spiro atoms. The van der Waals surface area contributed by atoms with Crippen LogP contribution in [0.25, 0.3) is 21.0 Å². The minimum Gasteiger partial charge on any atom is -0.383 e. The Bertz CT molecular complexity index is 1570. The van der Waals surface area contributed by atoms with Gasteiger partial charge in [0.2, 0.25) is 5.91 Å². The van der Waals surface area contributed by atoms with E-state index in [1.54, 1.807) is 29.2 Å². The number of amides is 1. The van der Waals surface area contributed by atoms with Gasteiger partial charge in [0.1, 0.15) is 16.4 Å². The second-order valence-corrected chi connectivity index (χ2v) is 13.1. The summed E-state index contributed by atoms with van der Waals surface area (Å²) in [5.74, 6) is 0.466. The zero-order valence-corrected chi connectivity index (χ0v) is 22.3. The number of halogens is 1. The molecule has 0 saturated carbocycles. The van der Waals surface area contributed by atoms with Crippen LogP contribution in [0.5, 0.6) is 0 Å². The molecule has 4 aromatic rings. The summed E-state index contributed by atoms with van der Waals surface area (Å²) in [6.45, 7) is 4.55. The maximum absolute atomic E-state index is 13.6. The Balaban J connectivity index is 1.43. The third-order valence-electron chi connectivity index (χ3n) is 6.37. The predicted molar refractivity (Wildman–Crippen MR) is 143 cm³/mol. The molecule has 3 heterocycles. The fraction of sp³-hybridized carbons (Fsp3) is 0.320. The highest BCUT2D eigenvalue weighted by molar-refractivity contribution is 7.91. The van der Waals surface area contributed by atoms with E-state index in [9.17, 15) is 13.2 Å². The number of nitrogens with zero attached hydrogens (tertiary/aromatic N) is 4. The van der Waals surface area contributed by atoms with E-state index in [0.29, 0.717) is 29.3 Å². The fourth-order valence-electron chi connectivity index (χ4n) is 4.64. The maximum Gasteiger partial charge on any atom is 0.253 e. The van der Waals surface area contributed by atoms with E-state index in [0.717, 1.165) is 21.0 Å². The molecule has 5 rings (SSSR count). The number of nitrogens with two attached hydrogens (primary N) is 1. The topological polar surface area (TPSA) is 109 Å². The van der Waals surface area contributed by atoms with Crippen LogP contribution in [-0.2, 0) is 21.4 Å². The van der Waals surface area contributed by atoms with E-state index in [-0.39, 0.29) is 35.2 Å². The van der Waals surface area contributed by atoms with Gasteiger partial charge >= 0.3 is 0 Å². The number of piperazine rings is 1. The first-order chi connectivity index (χ1) is 17.1. The molecule has 1 saturated heterocycles. The highest BCUT2D eigenvalue weighted by Gasteiger charge is 2.39. The quantitative estimate of drug-likeness (QED) is 0.382. The second-order valence-electron chi connectivity index (χ2n) is 9.46. The summed E-state index contributed by atoms with van der Waals surface area (Å²) in [5.41, 5.74) is 7.55. The summed E-state index contributed by atoms with van der Waals surface area (Å²) >= 11 is 7.26. The third kappa shape index (κ3) is 4.78. The monoisotopic (exact) mass is 543 g/mol. The predicted octanol–water partition coefficient (Wildman–Crippen LogP) is 4.53. The summed E-state index contributed by atoms with van der Waals surface area (Å²) in [5, 5.41) is 2.12. The number of fused-ring (bicyclic) bond motifs is 2. The van der Waals surface area contributed by atoms with Gasteiger partial charge in [-0.05, 0) is 53.6 Å². The molecule has 1 aliphatic heterocycles. The van der Waals surface area contributed by atoms with Gasteiger partial charge in [-0.3, -0.25) is 4.79 Å². The molecule has 2 aromatic carbocycles. The van der Waals surface area contributed by atoms with Crippen LogP contribution in [0.3, 0.4) is 0 Å². The van der Waals surface area contributed by atoms with Crippen molar-refractivity contribution in [3.05, 3.63) is 59.4 Å². The molecule has 11 heteroatoms. The summed E-state index contributed by atoms with van der Waals surface area (Å²) in [7, 11) is -3.84. The van der Waals surface area contributed by atoms with Crippen molar-refractivity contribution in [2.24, 2.45) is 5.92 Å². The lowest BCUT2D eigenvalue weighted by molar-refractivity contribution is -0.138. The number of aromatic nitrogens is 2. The van der Waals surface area contributed by atoms with Gasteiger partial charge in [0.05, 0.1) is 12.1 Å². The van der Waals surface area contributed by atoms with Gasteiger partial charge in [-0.15, -0.1) is 11.3 Å². The maximum atomic E-state index is 13.6. The molecular weight excluding hydrogens is 518 g/mol. The SMILES string of the molecule is CC(C)C[C@H]1CN(S(=O)(=O)c2cc3ccc(Cl)cc3s2)CC(=O)N1Cc1ccc2c(N)ncnc2c1. The van der Waals surface area contributed by atoms with Crippen LogP contribution in [0.2, 0.25) is 5.02 Å². The number of anilines is 1. The van der Waals surface area contributed by atoms with Crippen molar-refractivity contribution in [3.63, 3.8) is 0 Å². The number of thiophene rings is 1. The molecule has 1 amide bonds. The Kier molecular flexibility index (Phi) is 6.63. The van der Waals surface area contributed by atoms with Crippen LogP contribution >= 0.6 is 22.9 Å². The first kappa shape index (κ1) is 24.9. The number of hydrogen-bond donors (Lipinski definition) is 1. The molecule has 1 fully saturated rings. The Hall–Kier alpha value is -2.79.